The van der Waals surface area contributed by atoms with Gasteiger partial charge in [-0.05, 0) is 38.3 Å². The molecule has 1 aliphatic rings. The molecule has 0 saturated carbocycles. The molecule has 3 rings (SSSR count). The maximum atomic E-state index is 11.2. The van der Waals surface area contributed by atoms with Gasteiger partial charge in [-0.2, -0.15) is 0 Å². The minimum atomic E-state index is 0.598. The van der Waals surface area contributed by atoms with Crippen LogP contribution < -0.4 is 4.74 Å². The highest BCUT2D eigenvalue weighted by Gasteiger charge is 2.22. The van der Waals surface area contributed by atoms with Crippen molar-refractivity contribution in [2.24, 2.45) is 0 Å². The second-order valence-corrected chi connectivity index (χ2v) is 4.62. The highest BCUT2D eigenvalue weighted by molar-refractivity contribution is 6.01. The Bertz CT molecular complexity index is 595. The van der Waals surface area contributed by atoms with E-state index in [9.17, 15) is 4.79 Å². The molecule has 1 aromatic heterocycles. The SMILES string of the molecule is CCOc1ccc(C=O)c2c3c(oc12)CCCC3. The zero-order valence-electron chi connectivity index (χ0n) is 10.5. The maximum absolute atomic E-state index is 11.2. The summed E-state index contributed by atoms with van der Waals surface area (Å²) in [7, 11) is 0. The van der Waals surface area contributed by atoms with Crippen molar-refractivity contribution in [3.8, 4) is 5.75 Å². The third-order valence-corrected chi connectivity index (χ3v) is 3.52. The number of rotatable bonds is 3. The Hall–Kier alpha value is -1.77. The Balaban J connectivity index is 2.30. The highest BCUT2D eigenvalue weighted by atomic mass is 16.5. The van der Waals surface area contributed by atoms with Crippen molar-refractivity contribution < 1.29 is 13.9 Å². The van der Waals surface area contributed by atoms with Gasteiger partial charge in [0.05, 0.1) is 6.61 Å². The quantitative estimate of drug-likeness (QED) is 0.775. The number of aryl methyl sites for hydroxylation is 2. The molecule has 1 aromatic carbocycles. The number of aldehydes is 1. The molecule has 0 bridgehead atoms. The predicted molar refractivity (Wildman–Crippen MR) is 69.4 cm³/mol. The molecule has 0 atom stereocenters. The fourth-order valence-corrected chi connectivity index (χ4v) is 2.74. The Morgan fingerprint density at radius 2 is 2.17 bits per heavy atom. The van der Waals surface area contributed by atoms with Crippen molar-refractivity contribution in [1.29, 1.82) is 0 Å². The van der Waals surface area contributed by atoms with Gasteiger partial charge < -0.3 is 9.15 Å². The average Bonchev–Trinajstić information content (AvgIpc) is 2.79. The number of fused-ring (bicyclic) bond motifs is 3. The van der Waals surface area contributed by atoms with Crippen LogP contribution in [0.1, 0.15) is 41.4 Å². The molecular weight excluding hydrogens is 228 g/mol. The number of carbonyl (C=O) groups is 1. The van der Waals surface area contributed by atoms with E-state index in [1.54, 1.807) is 0 Å². The largest absolute Gasteiger partial charge is 0.490 e. The van der Waals surface area contributed by atoms with Crippen molar-refractivity contribution in [3.05, 3.63) is 29.0 Å². The molecule has 3 nitrogen and oxygen atoms in total. The topological polar surface area (TPSA) is 39.4 Å². The second-order valence-electron chi connectivity index (χ2n) is 4.62. The Morgan fingerprint density at radius 3 is 2.94 bits per heavy atom. The first-order valence-electron chi connectivity index (χ1n) is 6.50. The number of furan rings is 1. The summed E-state index contributed by atoms with van der Waals surface area (Å²) in [5.41, 5.74) is 2.66. The van der Waals surface area contributed by atoms with Gasteiger partial charge in [-0.15, -0.1) is 0 Å². The van der Waals surface area contributed by atoms with E-state index in [1.165, 1.54) is 12.0 Å². The van der Waals surface area contributed by atoms with Crippen molar-refractivity contribution in [2.45, 2.75) is 32.6 Å². The van der Waals surface area contributed by atoms with Crippen LogP contribution in [0.25, 0.3) is 11.0 Å². The minimum absolute atomic E-state index is 0.598. The van der Waals surface area contributed by atoms with Crippen LogP contribution in [0, 0.1) is 0 Å². The second kappa shape index (κ2) is 4.48. The van der Waals surface area contributed by atoms with Gasteiger partial charge in [0.2, 0.25) is 0 Å². The zero-order valence-corrected chi connectivity index (χ0v) is 10.5. The van der Waals surface area contributed by atoms with Crippen LogP contribution >= 0.6 is 0 Å². The summed E-state index contributed by atoms with van der Waals surface area (Å²) in [5, 5.41) is 0.964. The summed E-state index contributed by atoms with van der Waals surface area (Å²) < 4.78 is 11.5. The fraction of sp³-hybridized carbons (Fsp3) is 0.400. The molecule has 1 heterocycles. The van der Waals surface area contributed by atoms with E-state index < -0.39 is 0 Å². The van der Waals surface area contributed by atoms with E-state index in [1.807, 2.05) is 19.1 Å². The van der Waals surface area contributed by atoms with E-state index >= 15 is 0 Å². The standard InChI is InChI=1S/C15H16O3/c1-2-17-13-8-7-10(9-16)14-11-5-3-4-6-12(11)18-15(13)14/h7-9H,2-6H2,1H3. The van der Waals surface area contributed by atoms with Gasteiger partial charge in [-0.3, -0.25) is 4.79 Å². The van der Waals surface area contributed by atoms with Gasteiger partial charge in [0.25, 0.3) is 0 Å². The van der Waals surface area contributed by atoms with Gasteiger partial charge >= 0.3 is 0 Å². The third-order valence-electron chi connectivity index (χ3n) is 3.52. The first-order chi connectivity index (χ1) is 8.85. The summed E-state index contributed by atoms with van der Waals surface area (Å²) >= 11 is 0. The fourth-order valence-electron chi connectivity index (χ4n) is 2.74. The summed E-state index contributed by atoms with van der Waals surface area (Å²) in [5.74, 6) is 1.78. The van der Waals surface area contributed by atoms with Crippen molar-refractivity contribution in [1.82, 2.24) is 0 Å². The predicted octanol–water partition coefficient (Wildman–Crippen LogP) is 3.52. The molecule has 0 saturated heterocycles. The number of ether oxygens (including phenoxy) is 1. The van der Waals surface area contributed by atoms with Gasteiger partial charge in [-0.1, -0.05) is 0 Å². The zero-order chi connectivity index (χ0) is 12.5. The van der Waals surface area contributed by atoms with Crippen LogP contribution in [0.5, 0.6) is 5.75 Å². The van der Waals surface area contributed by atoms with E-state index in [0.29, 0.717) is 12.2 Å². The number of benzene rings is 1. The van der Waals surface area contributed by atoms with Crippen molar-refractivity contribution in [2.75, 3.05) is 6.61 Å². The lowest BCUT2D eigenvalue weighted by atomic mass is 9.94. The lowest BCUT2D eigenvalue weighted by Gasteiger charge is -2.09. The molecule has 0 radical (unpaired) electrons. The molecule has 0 amide bonds. The monoisotopic (exact) mass is 244 g/mol. The Morgan fingerprint density at radius 1 is 1.33 bits per heavy atom. The van der Waals surface area contributed by atoms with E-state index in [-0.39, 0.29) is 0 Å². The highest BCUT2D eigenvalue weighted by Crippen LogP contribution is 2.38. The Kier molecular flexibility index (Phi) is 2.82. The summed E-state index contributed by atoms with van der Waals surface area (Å²) in [6, 6.07) is 3.65. The van der Waals surface area contributed by atoms with E-state index in [0.717, 1.165) is 48.0 Å². The van der Waals surface area contributed by atoms with E-state index in [2.05, 4.69) is 0 Å². The molecule has 1 aliphatic carbocycles. The maximum Gasteiger partial charge on any atom is 0.177 e. The van der Waals surface area contributed by atoms with Crippen LogP contribution in [0.3, 0.4) is 0 Å². The minimum Gasteiger partial charge on any atom is -0.490 e. The molecule has 3 heteroatoms. The van der Waals surface area contributed by atoms with Crippen LogP contribution in [-0.2, 0) is 12.8 Å². The van der Waals surface area contributed by atoms with Gasteiger partial charge in [-0.25, -0.2) is 0 Å². The molecule has 0 aliphatic heterocycles. The van der Waals surface area contributed by atoms with Crippen LogP contribution in [0.15, 0.2) is 16.5 Å². The molecule has 94 valence electrons. The normalized spacial score (nSPS) is 14.5. The van der Waals surface area contributed by atoms with Crippen molar-refractivity contribution in [3.63, 3.8) is 0 Å². The number of carbonyl (C=O) groups excluding carboxylic acids is 1. The third kappa shape index (κ3) is 1.62. The van der Waals surface area contributed by atoms with Crippen LogP contribution in [0.4, 0.5) is 0 Å². The van der Waals surface area contributed by atoms with Gasteiger partial charge in [0.1, 0.15) is 5.76 Å². The molecule has 0 N–H and O–H groups in total. The Labute approximate surface area is 106 Å². The molecule has 0 unspecified atom stereocenters. The number of hydrogen-bond donors (Lipinski definition) is 0. The van der Waals surface area contributed by atoms with Crippen LogP contribution in [-0.4, -0.2) is 12.9 Å². The van der Waals surface area contributed by atoms with E-state index in [4.69, 9.17) is 9.15 Å². The van der Waals surface area contributed by atoms with Gasteiger partial charge in [0, 0.05) is 22.9 Å². The smallest absolute Gasteiger partial charge is 0.177 e. The molecule has 0 fully saturated rings. The summed E-state index contributed by atoms with van der Waals surface area (Å²) in [4.78, 5) is 11.2. The first-order valence-corrected chi connectivity index (χ1v) is 6.50. The summed E-state index contributed by atoms with van der Waals surface area (Å²) in [6.45, 7) is 2.54. The first kappa shape index (κ1) is 11.3. The van der Waals surface area contributed by atoms with Crippen LogP contribution in [0.2, 0.25) is 0 Å². The summed E-state index contributed by atoms with van der Waals surface area (Å²) in [6.07, 6.45) is 5.20. The molecular formula is C15H16O3. The van der Waals surface area contributed by atoms with Gasteiger partial charge in [0.15, 0.2) is 17.6 Å². The van der Waals surface area contributed by atoms with Crippen molar-refractivity contribution >= 4 is 17.3 Å². The lowest BCUT2D eigenvalue weighted by Crippen LogP contribution is -1.99. The molecule has 18 heavy (non-hydrogen) atoms. The molecule has 0 spiro atoms. The number of hydrogen-bond acceptors (Lipinski definition) is 3. The lowest BCUT2D eigenvalue weighted by molar-refractivity contribution is 0.112. The molecule has 2 aromatic rings. The average molecular weight is 244 g/mol.